The Kier molecular flexibility index (Phi) is 4.50. The predicted octanol–water partition coefficient (Wildman–Crippen LogP) is 2.65. The van der Waals surface area contributed by atoms with Crippen molar-refractivity contribution in [1.29, 1.82) is 0 Å². The Morgan fingerprint density at radius 2 is 1.96 bits per heavy atom. The van der Waals surface area contributed by atoms with Crippen LogP contribution in [0.4, 0.5) is 0 Å². The molecule has 128 valence electrons. The van der Waals surface area contributed by atoms with Crippen LogP contribution in [0.2, 0.25) is 0 Å². The number of hydrogen-bond donors (Lipinski definition) is 2. The summed E-state index contributed by atoms with van der Waals surface area (Å²) < 4.78 is 0. The average Bonchev–Trinajstić information content (AvgIpc) is 2.89. The maximum Gasteiger partial charge on any atom is 0.261 e. The van der Waals surface area contributed by atoms with Gasteiger partial charge in [0.1, 0.15) is 10.7 Å². The van der Waals surface area contributed by atoms with Crippen molar-refractivity contribution in [3.63, 3.8) is 0 Å². The molecular formula is C18H18N4O2S. The molecule has 3 N–H and O–H groups in total. The number of aryl methyl sites for hydroxylation is 3. The molecule has 0 fully saturated rings. The van der Waals surface area contributed by atoms with Crippen molar-refractivity contribution in [2.75, 3.05) is 0 Å². The van der Waals surface area contributed by atoms with Crippen LogP contribution in [0.3, 0.4) is 0 Å². The smallest absolute Gasteiger partial charge is 0.261 e. The second-order valence-corrected chi connectivity index (χ2v) is 6.84. The summed E-state index contributed by atoms with van der Waals surface area (Å²) in [6.07, 6.45) is 0. The lowest BCUT2D eigenvalue weighted by molar-refractivity contribution is 0.0953. The zero-order chi connectivity index (χ0) is 18.1. The normalized spacial score (nSPS) is 10.8. The predicted molar refractivity (Wildman–Crippen MR) is 97.8 cm³/mol. The molecule has 0 aliphatic carbocycles. The van der Waals surface area contributed by atoms with Crippen molar-refractivity contribution in [3.8, 4) is 0 Å². The largest absolute Gasteiger partial charge is 0.366 e. The van der Waals surface area contributed by atoms with E-state index in [1.807, 2.05) is 26.8 Å². The van der Waals surface area contributed by atoms with E-state index < -0.39 is 5.91 Å². The van der Waals surface area contributed by atoms with Crippen LogP contribution < -0.4 is 11.1 Å². The summed E-state index contributed by atoms with van der Waals surface area (Å²) in [6.45, 7) is 5.99. The van der Waals surface area contributed by atoms with Gasteiger partial charge in [0.05, 0.1) is 4.88 Å². The van der Waals surface area contributed by atoms with Gasteiger partial charge in [-0.25, -0.2) is 9.97 Å². The second kappa shape index (κ2) is 6.60. The number of hydrogen-bond acceptors (Lipinski definition) is 5. The number of aromatic nitrogens is 2. The Morgan fingerprint density at radius 3 is 2.68 bits per heavy atom. The highest BCUT2D eigenvalue weighted by molar-refractivity contribution is 7.20. The fourth-order valence-corrected chi connectivity index (χ4v) is 3.98. The van der Waals surface area contributed by atoms with Crippen molar-refractivity contribution in [3.05, 3.63) is 57.4 Å². The second-order valence-electron chi connectivity index (χ2n) is 5.84. The molecule has 2 amide bonds. The van der Waals surface area contributed by atoms with Gasteiger partial charge in [0.25, 0.3) is 5.91 Å². The quantitative estimate of drug-likeness (QED) is 0.752. The van der Waals surface area contributed by atoms with Crippen LogP contribution in [-0.2, 0) is 6.54 Å². The Hall–Kier alpha value is -2.80. The lowest BCUT2D eigenvalue weighted by Gasteiger charge is -2.06. The minimum Gasteiger partial charge on any atom is -0.366 e. The standard InChI is InChI=1S/C18H18N4O2S/c1-9-14-10(2)21-11(3)22-18(14)25-15(9)17(24)20-8-12-5-4-6-13(7-12)16(19)23/h4-7H,8H2,1-3H3,(H2,19,23)(H,20,24). The van der Waals surface area contributed by atoms with Gasteiger partial charge in [0.15, 0.2) is 0 Å². The number of carbonyl (C=O) groups is 2. The molecule has 0 saturated carbocycles. The molecule has 0 atom stereocenters. The molecule has 2 heterocycles. The number of thiophene rings is 1. The Morgan fingerprint density at radius 1 is 1.20 bits per heavy atom. The van der Waals surface area contributed by atoms with Crippen LogP contribution in [0.15, 0.2) is 24.3 Å². The van der Waals surface area contributed by atoms with Gasteiger partial charge >= 0.3 is 0 Å². The van der Waals surface area contributed by atoms with E-state index in [9.17, 15) is 9.59 Å². The van der Waals surface area contributed by atoms with Crippen LogP contribution in [-0.4, -0.2) is 21.8 Å². The number of amides is 2. The van der Waals surface area contributed by atoms with E-state index in [-0.39, 0.29) is 5.91 Å². The third-order valence-corrected chi connectivity index (χ3v) is 5.14. The first-order valence-electron chi connectivity index (χ1n) is 7.78. The lowest BCUT2D eigenvalue weighted by atomic mass is 10.1. The maximum atomic E-state index is 12.6. The minimum absolute atomic E-state index is 0.165. The third-order valence-electron chi connectivity index (χ3n) is 3.95. The molecule has 0 saturated heterocycles. The van der Waals surface area contributed by atoms with Gasteiger partial charge in [-0.1, -0.05) is 12.1 Å². The summed E-state index contributed by atoms with van der Waals surface area (Å²) >= 11 is 1.37. The van der Waals surface area contributed by atoms with Gasteiger partial charge in [-0.2, -0.15) is 0 Å². The molecule has 3 rings (SSSR count). The molecule has 0 unspecified atom stereocenters. The summed E-state index contributed by atoms with van der Waals surface area (Å²) in [5, 5.41) is 3.83. The van der Waals surface area contributed by atoms with E-state index in [4.69, 9.17) is 5.73 Å². The van der Waals surface area contributed by atoms with Crippen LogP contribution in [0.5, 0.6) is 0 Å². The molecular weight excluding hydrogens is 336 g/mol. The number of nitrogens with two attached hydrogens (primary N) is 1. The Labute approximate surface area is 149 Å². The first kappa shape index (κ1) is 17.0. The fraction of sp³-hybridized carbons (Fsp3) is 0.222. The monoisotopic (exact) mass is 354 g/mol. The van der Waals surface area contributed by atoms with E-state index in [1.54, 1.807) is 18.2 Å². The molecule has 7 heteroatoms. The highest BCUT2D eigenvalue weighted by Crippen LogP contribution is 2.31. The molecule has 6 nitrogen and oxygen atoms in total. The first-order valence-corrected chi connectivity index (χ1v) is 8.59. The maximum absolute atomic E-state index is 12.6. The zero-order valence-corrected chi connectivity index (χ0v) is 15.0. The van der Waals surface area contributed by atoms with Gasteiger partial charge in [-0.3, -0.25) is 9.59 Å². The third kappa shape index (κ3) is 3.36. The summed E-state index contributed by atoms with van der Waals surface area (Å²) in [6, 6.07) is 6.91. The molecule has 0 bridgehead atoms. The highest BCUT2D eigenvalue weighted by atomic mass is 32.1. The van der Waals surface area contributed by atoms with Crippen molar-refractivity contribution in [1.82, 2.24) is 15.3 Å². The number of fused-ring (bicyclic) bond motifs is 1. The number of carbonyl (C=O) groups excluding carboxylic acids is 2. The van der Waals surface area contributed by atoms with Gasteiger partial charge in [-0.15, -0.1) is 11.3 Å². The zero-order valence-electron chi connectivity index (χ0n) is 14.2. The summed E-state index contributed by atoms with van der Waals surface area (Å²) in [5.74, 6) is 0.0430. The summed E-state index contributed by atoms with van der Waals surface area (Å²) in [5.41, 5.74) is 8.29. The molecule has 0 aliphatic rings. The topological polar surface area (TPSA) is 98.0 Å². The SMILES string of the molecule is Cc1nc(C)c2c(C)c(C(=O)NCc3cccc(C(N)=O)c3)sc2n1. The van der Waals surface area contributed by atoms with E-state index in [2.05, 4.69) is 15.3 Å². The molecule has 0 spiro atoms. The molecule has 3 aromatic rings. The summed E-state index contributed by atoms with van der Waals surface area (Å²) in [7, 11) is 0. The number of nitrogens with zero attached hydrogens (tertiary/aromatic N) is 2. The van der Waals surface area contributed by atoms with Gasteiger partial charge < -0.3 is 11.1 Å². The molecule has 0 aliphatic heterocycles. The van der Waals surface area contributed by atoms with Crippen molar-refractivity contribution < 1.29 is 9.59 Å². The molecule has 0 radical (unpaired) electrons. The molecule has 1 aromatic carbocycles. The number of primary amides is 1. The summed E-state index contributed by atoms with van der Waals surface area (Å²) in [4.78, 5) is 34.1. The fourth-order valence-electron chi connectivity index (χ4n) is 2.79. The van der Waals surface area contributed by atoms with Crippen molar-refractivity contribution in [2.45, 2.75) is 27.3 Å². The van der Waals surface area contributed by atoms with Gasteiger partial charge in [0, 0.05) is 23.2 Å². The van der Waals surface area contributed by atoms with E-state index in [0.717, 1.165) is 27.0 Å². The number of benzene rings is 1. The minimum atomic E-state index is -0.488. The first-order chi connectivity index (χ1) is 11.9. The van der Waals surface area contributed by atoms with Gasteiger partial charge in [0.2, 0.25) is 5.91 Å². The highest BCUT2D eigenvalue weighted by Gasteiger charge is 2.18. The Balaban J connectivity index is 1.83. The van der Waals surface area contributed by atoms with Crippen LogP contribution >= 0.6 is 11.3 Å². The number of rotatable bonds is 4. The van der Waals surface area contributed by atoms with Crippen molar-refractivity contribution >= 4 is 33.4 Å². The van der Waals surface area contributed by atoms with E-state index in [1.165, 1.54) is 11.3 Å². The molecule has 2 aromatic heterocycles. The van der Waals surface area contributed by atoms with E-state index in [0.29, 0.717) is 22.8 Å². The lowest BCUT2D eigenvalue weighted by Crippen LogP contribution is -2.22. The molecule has 25 heavy (non-hydrogen) atoms. The average molecular weight is 354 g/mol. The van der Waals surface area contributed by atoms with Crippen LogP contribution in [0, 0.1) is 20.8 Å². The van der Waals surface area contributed by atoms with E-state index >= 15 is 0 Å². The Bertz CT molecular complexity index is 994. The van der Waals surface area contributed by atoms with Crippen LogP contribution in [0.1, 0.15) is 42.7 Å². The number of nitrogens with one attached hydrogen (secondary N) is 1. The van der Waals surface area contributed by atoms with Crippen LogP contribution in [0.25, 0.3) is 10.2 Å². The van der Waals surface area contributed by atoms with Crippen molar-refractivity contribution in [2.24, 2.45) is 5.73 Å². The van der Waals surface area contributed by atoms with Gasteiger partial charge in [-0.05, 0) is 44.0 Å².